The highest BCUT2D eigenvalue weighted by Crippen LogP contribution is 2.37. The average molecular weight is 468 g/mol. The Hall–Kier alpha value is -3.88. The first-order chi connectivity index (χ1) is 16.1. The number of hydrogen-bond acceptors (Lipinski definition) is 5. The molecule has 0 saturated carbocycles. The van der Waals surface area contributed by atoms with Crippen LogP contribution in [0.25, 0.3) is 22.2 Å². The molecule has 0 radical (unpaired) electrons. The lowest BCUT2D eigenvalue weighted by molar-refractivity contribution is -0.137. The third-order valence-corrected chi connectivity index (χ3v) is 5.52. The zero-order valence-electron chi connectivity index (χ0n) is 18.8. The number of anilines is 1. The van der Waals surface area contributed by atoms with Crippen molar-refractivity contribution in [2.75, 3.05) is 5.73 Å². The van der Waals surface area contributed by atoms with Crippen molar-refractivity contribution < 1.29 is 22.7 Å². The summed E-state index contributed by atoms with van der Waals surface area (Å²) in [6, 6.07) is 10.1. The summed E-state index contributed by atoms with van der Waals surface area (Å²) in [6.45, 7) is 5.67. The first-order valence-corrected chi connectivity index (χ1v) is 10.7. The zero-order valence-corrected chi connectivity index (χ0v) is 18.8. The van der Waals surface area contributed by atoms with Crippen LogP contribution in [0, 0.1) is 0 Å². The van der Waals surface area contributed by atoms with Crippen molar-refractivity contribution in [2.24, 2.45) is 0 Å². The van der Waals surface area contributed by atoms with Gasteiger partial charge in [-0.15, -0.1) is 0 Å². The number of carbonyl (C=O) groups excluding carboxylic acids is 1. The third-order valence-electron chi connectivity index (χ3n) is 5.52. The Morgan fingerprint density at radius 1 is 1.12 bits per heavy atom. The normalized spacial score (nSPS) is 11.9. The number of ether oxygens (including phenoxy) is 1. The van der Waals surface area contributed by atoms with Gasteiger partial charge in [-0.2, -0.15) is 13.2 Å². The van der Waals surface area contributed by atoms with Gasteiger partial charge < -0.3 is 15.0 Å². The summed E-state index contributed by atoms with van der Waals surface area (Å²) in [5, 5.41) is 0.739. The Morgan fingerprint density at radius 3 is 2.44 bits per heavy atom. The highest BCUT2D eigenvalue weighted by atomic mass is 19.4. The van der Waals surface area contributed by atoms with Gasteiger partial charge in [-0.3, -0.25) is 4.79 Å². The standard InChI is InChI=1S/C25H23F3N4O2/c1-4-20(33)18-11-16(25(26,27)28)7-10-21(18)34-17-8-5-15(6-9-17)19-12-32(14(2)3)24-22(19)23(29)30-13-31-24/h5-14H,4H2,1-3H3,(H2,29,30,31). The summed E-state index contributed by atoms with van der Waals surface area (Å²) in [4.78, 5) is 20.8. The van der Waals surface area contributed by atoms with Crippen molar-refractivity contribution in [1.29, 1.82) is 0 Å². The quantitative estimate of drug-likeness (QED) is 0.320. The lowest BCUT2D eigenvalue weighted by Crippen LogP contribution is -2.08. The molecular weight excluding hydrogens is 445 g/mol. The number of benzene rings is 2. The van der Waals surface area contributed by atoms with Crippen LogP contribution in [-0.4, -0.2) is 20.3 Å². The molecule has 0 aliphatic heterocycles. The van der Waals surface area contributed by atoms with Crippen LogP contribution in [0.15, 0.2) is 55.0 Å². The van der Waals surface area contributed by atoms with E-state index in [9.17, 15) is 18.0 Å². The predicted molar refractivity (Wildman–Crippen MR) is 124 cm³/mol. The van der Waals surface area contributed by atoms with Gasteiger partial charge >= 0.3 is 6.18 Å². The molecule has 6 nitrogen and oxygen atoms in total. The molecule has 4 rings (SSSR count). The van der Waals surface area contributed by atoms with E-state index in [1.807, 2.05) is 36.7 Å². The maximum Gasteiger partial charge on any atom is 0.416 e. The number of hydrogen-bond donors (Lipinski definition) is 1. The van der Waals surface area contributed by atoms with Crippen LogP contribution in [0.4, 0.5) is 19.0 Å². The van der Waals surface area contributed by atoms with Gasteiger partial charge in [0.1, 0.15) is 29.3 Å². The van der Waals surface area contributed by atoms with E-state index in [0.717, 1.165) is 34.3 Å². The Balaban J connectivity index is 1.70. The molecule has 4 aromatic rings. The SMILES string of the molecule is CCC(=O)c1cc(C(F)(F)F)ccc1Oc1ccc(-c2cn(C(C)C)c3ncnc(N)c23)cc1. The lowest BCUT2D eigenvalue weighted by atomic mass is 10.0. The van der Waals surface area contributed by atoms with Crippen molar-refractivity contribution in [3.8, 4) is 22.6 Å². The molecule has 0 amide bonds. The minimum absolute atomic E-state index is 0.0556. The summed E-state index contributed by atoms with van der Waals surface area (Å²) in [5.41, 5.74) is 7.56. The number of rotatable bonds is 6. The van der Waals surface area contributed by atoms with Crippen molar-refractivity contribution in [3.05, 3.63) is 66.1 Å². The monoisotopic (exact) mass is 468 g/mol. The fourth-order valence-corrected chi connectivity index (χ4v) is 3.75. The van der Waals surface area contributed by atoms with Crippen LogP contribution in [0.2, 0.25) is 0 Å². The Kier molecular flexibility index (Phi) is 6.03. The summed E-state index contributed by atoms with van der Waals surface area (Å²) >= 11 is 0. The van der Waals surface area contributed by atoms with Gasteiger partial charge in [-0.25, -0.2) is 9.97 Å². The number of Topliss-reactive ketones (excluding diaryl/α,β-unsaturated/α-hetero) is 1. The minimum Gasteiger partial charge on any atom is -0.457 e. The lowest BCUT2D eigenvalue weighted by Gasteiger charge is -2.14. The van der Waals surface area contributed by atoms with Crippen LogP contribution >= 0.6 is 0 Å². The Labute approximate surface area is 194 Å². The van der Waals surface area contributed by atoms with Gasteiger partial charge in [0.2, 0.25) is 0 Å². The van der Waals surface area contributed by atoms with Crippen LogP contribution in [-0.2, 0) is 6.18 Å². The average Bonchev–Trinajstić information content (AvgIpc) is 3.20. The van der Waals surface area contributed by atoms with Crippen molar-refractivity contribution in [2.45, 2.75) is 39.4 Å². The van der Waals surface area contributed by atoms with E-state index in [1.165, 1.54) is 12.4 Å². The molecular formula is C25H23F3N4O2. The molecule has 2 N–H and O–H groups in total. The number of nitrogens with zero attached hydrogens (tertiary/aromatic N) is 3. The van der Waals surface area contributed by atoms with Gasteiger partial charge in [0.25, 0.3) is 0 Å². The predicted octanol–water partition coefficient (Wildman–Crippen LogP) is 6.67. The van der Waals surface area contributed by atoms with Gasteiger partial charge in [0.05, 0.1) is 16.5 Å². The van der Waals surface area contributed by atoms with Crippen LogP contribution in [0.1, 0.15) is 49.2 Å². The minimum atomic E-state index is -4.55. The van der Waals surface area contributed by atoms with Crippen molar-refractivity contribution in [3.63, 3.8) is 0 Å². The van der Waals surface area contributed by atoms with Gasteiger partial charge in [0, 0.05) is 24.2 Å². The summed E-state index contributed by atoms with van der Waals surface area (Å²) in [7, 11) is 0. The van der Waals surface area contributed by atoms with Crippen molar-refractivity contribution in [1.82, 2.24) is 14.5 Å². The molecule has 0 aliphatic rings. The number of aromatic nitrogens is 3. The molecule has 0 unspecified atom stereocenters. The van der Waals surface area contributed by atoms with E-state index in [2.05, 4.69) is 9.97 Å². The number of ketones is 1. The van der Waals surface area contributed by atoms with Crippen LogP contribution < -0.4 is 10.5 Å². The fourth-order valence-electron chi connectivity index (χ4n) is 3.75. The zero-order chi connectivity index (χ0) is 24.6. The van der Waals surface area contributed by atoms with E-state index in [-0.39, 0.29) is 23.8 Å². The summed E-state index contributed by atoms with van der Waals surface area (Å²) < 4.78 is 47.2. The molecule has 34 heavy (non-hydrogen) atoms. The molecule has 2 aromatic heterocycles. The number of carbonyl (C=O) groups is 1. The van der Waals surface area contributed by atoms with Gasteiger partial charge in [-0.1, -0.05) is 19.1 Å². The highest BCUT2D eigenvalue weighted by molar-refractivity contribution is 6.01. The number of nitrogens with two attached hydrogens (primary N) is 1. The van der Waals surface area contributed by atoms with E-state index in [0.29, 0.717) is 11.6 Å². The Morgan fingerprint density at radius 2 is 1.82 bits per heavy atom. The number of nitrogen functional groups attached to an aromatic ring is 1. The maximum atomic E-state index is 13.1. The molecule has 0 bridgehead atoms. The molecule has 176 valence electrons. The number of halogens is 3. The molecule has 0 saturated heterocycles. The van der Waals surface area contributed by atoms with E-state index in [1.54, 1.807) is 19.1 Å². The van der Waals surface area contributed by atoms with Crippen molar-refractivity contribution >= 4 is 22.6 Å². The number of alkyl halides is 3. The van der Waals surface area contributed by atoms with Crippen LogP contribution in [0.3, 0.4) is 0 Å². The van der Waals surface area contributed by atoms with E-state index >= 15 is 0 Å². The van der Waals surface area contributed by atoms with Crippen LogP contribution in [0.5, 0.6) is 11.5 Å². The second-order valence-corrected chi connectivity index (χ2v) is 8.11. The largest absolute Gasteiger partial charge is 0.457 e. The second kappa shape index (κ2) is 8.81. The molecule has 0 fully saturated rings. The third kappa shape index (κ3) is 4.33. The van der Waals surface area contributed by atoms with Gasteiger partial charge in [0.15, 0.2) is 5.78 Å². The first-order valence-electron chi connectivity index (χ1n) is 10.7. The Bertz CT molecular complexity index is 1360. The summed E-state index contributed by atoms with van der Waals surface area (Å²) in [5.74, 6) is 0.383. The number of fused-ring (bicyclic) bond motifs is 1. The van der Waals surface area contributed by atoms with Gasteiger partial charge in [-0.05, 0) is 49.7 Å². The highest BCUT2D eigenvalue weighted by Gasteiger charge is 2.32. The van der Waals surface area contributed by atoms with E-state index < -0.39 is 17.5 Å². The molecule has 0 atom stereocenters. The fraction of sp³-hybridized carbons (Fsp3) is 0.240. The summed E-state index contributed by atoms with van der Waals surface area (Å²) in [6.07, 6.45) is -1.11. The molecule has 9 heteroatoms. The molecule has 0 aliphatic carbocycles. The maximum absolute atomic E-state index is 13.1. The molecule has 2 aromatic carbocycles. The smallest absolute Gasteiger partial charge is 0.416 e. The molecule has 2 heterocycles. The second-order valence-electron chi connectivity index (χ2n) is 8.11. The molecule has 0 spiro atoms. The van der Waals surface area contributed by atoms with E-state index in [4.69, 9.17) is 10.5 Å². The topological polar surface area (TPSA) is 83.0 Å². The first kappa shape index (κ1) is 23.3.